The number of hydrogen-bond acceptors (Lipinski definition) is 6. The first-order valence-electron chi connectivity index (χ1n) is 13.0. The van der Waals surface area contributed by atoms with Gasteiger partial charge in [0, 0.05) is 25.2 Å². The second kappa shape index (κ2) is 12.5. The summed E-state index contributed by atoms with van der Waals surface area (Å²) < 4.78 is 29.6. The predicted molar refractivity (Wildman–Crippen MR) is 162 cm³/mol. The summed E-state index contributed by atoms with van der Waals surface area (Å²) in [5, 5.41) is 0.643. The van der Waals surface area contributed by atoms with Crippen molar-refractivity contribution in [1.82, 2.24) is 9.88 Å². The lowest BCUT2D eigenvalue weighted by Gasteiger charge is -2.30. The zero-order valence-corrected chi connectivity index (χ0v) is 24.6. The Bertz CT molecular complexity index is 1500. The number of fused-ring (bicyclic) bond motifs is 2. The summed E-state index contributed by atoms with van der Waals surface area (Å²) >= 11 is 1.49. The second-order valence-electron chi connectivity index (χ2n) is 9.28. The zero-order valence-electron chi connectivity index (χ0n) is 22.1. The lowest BCUT2D eigenvalue weighted by Crippen LogP contribution is -2.39. The van der Waals surface area contributed by atoms with Crippen LogP contribution in [0.25, 0.3) is 10.2 Å². The molecule has 5 rings (SSSR count). The summed E-state index contributed by atoms with van der Waals surface area (Å²) in [7, 11) is -3.74. The number of sulfonamides is 1. The Balaban J connectivity index is 0.00000353. The molecule has 1 aliphatic heterocycles. The summed E-state index contributed by atoms with van der Waals surface area (Å²) in [5.74, 6) is -0.191. The van der Waals surface area contributed by atoms with Crippen LogP contribution < -0.4 is 9.21 Å². The van der Waals surface area contributed by atoms with E-state index in [1.165, 1.54) is 15.6 Å². The lowest BCUT2D eigenvalue weighted by molar-refractivity contribution is 0.0983. The van der Waals surface area contributed by atoms with Gasteiger partial charge in [0.2, 0.25) is 0 Å². The van der Waals surface area contributed by atoms with Gasteiger partial charge in [0.05, 0.1) is 20.8 Å². The first-order chi connectivity index (χ1) is 18.4. The monoisotopic (exact) mass is 584 g/mol. The first-order valence-corrected chi connectivity index (χ1v) is 15.3. The maximum absolute atomic E-state index is 13.8. The molecule has 4 aromatic rings. The average molecular weight is 585 g/mol. The molecule has 206 valence electrons. The maximum atomic E-state index is 13.8. The van der Waals surface area contributed by atoms with Crippen LogP contribution >= 0.6 is 23.7 Å². The highest BCUT2D eigenvalue weighted by Gasteiger charge is 2.29. The van der Waals surface area contributed by atoms with Gasteiger partial charge < -0.3 is 4.90 Å². The third kappa shape index (κ3) is 5.96. The first kappa shape index (κ1) is 29.0. The van der Waals surface area contributed by atoms with E-state index in [0.29, 0.717) is 23.8 Å². The van der Waals surface area contributed by atoms with Gasteiger partial charge in [-0.25, -0.2) is 13.4 Å². The second-order valence-corrected chi connectivity index (χ2v) is 12.2. The van der Waals surface area contributed by atoms with E-state index in [2.05, 4.69) is 18.7 Å². The molecule has 0 radical (unpaired) electrons. The molecular weight excluding hydrogens is 552 g/mol. The molecule has 0 bridgehead atoms. The van der Waals surface area contributed by atoms with Crippen molar-refractivity contribution in [2.45, 2.75) is 31.6 Å². The Morgan fingerprint density at radius 3 is 2.36 bits per heavy atom. The number of benzene rings is 3. The maximum Gasteiger partial charge on any atom is 0.264 e. The SMILES string of the molecule is CCN(CC)CCN(C(=O)c1ccc(S(=O)(=O)N2CCCc3ccccc32)cc1)c1nc2ccccc2s1.Cl. The van der Waals surface area contributed by atoms with Crippen molar-refractivity contribution < 1.29 is 13.2 Å². The third-order valence-electron chi connectivity index (χ3n) is 7.05. The van der Waals surface area contributed by atoms with Gasteiger partial charge in [-0.05, 0) is 74.0 Å². The number of hydrogen-bond donors (Lipinski definition) is 0. The number of rotatable bonds is 9. The van der Waals surface area contributed by atoms with Gasteiger partial charge in [0.25, 0.3) is 15.9 Å². The van der Waals surface area contributed by atoms with E-state index in [1.807, 2.05) is 48.5 Å². The summed E-state index contributed by atoms with van der Waals surface area (Å²) in [6.45, 7) is 7.65. The standard InChI is InChI=1S/C29H32N4O3S2.ClH/c1-3-31(4-2)20-21-32(29-30-25-12-6-8-14-27(25)37-29)28(34)23-15-17-24(18-16-23)38(35,36)33-19-9-11-22-10-5-7-13-26(22)33;/h5-8,10,12-18H,3-4,9,11,19-21H2,1-2H3;1H. The molecule has 0 saturated heterocycles. The molecule has 7 nitrogen and oxygen atoms in total. The molecule has 0 fully saturated rings. The Hall–Kier alpha value is -2.98. The van der Waals surface area contributed by atoms with Gasteiger partial charge in [-0.15, -0.1) is 12.4 Å². The number of nitrogens with zero attached hydrogens (tertiary/aromatic N) is 4. The van der Waals surface area contributed by atoms with Crippen LogP contribution in [0.1, 0.15) is 36.2 Å². The van der Waals surface area contributed by atoms with Crippen molar-refractivity contribution >= 4 is 60.7 Å². The van der Waals surface area contributed by atoms with E-state index in [0.717, 1.165) is 53.9 Å². The number of aromatic nitrogens is 1. The molecule has 2 heterocycles. The number of amides is 1. The van der Waals surface area contributed by atoms with Crippen molar-refractivity contribution in [2.24, 2.45) is 0 Å². The van der Waals surface area contributed by atoms with Crippen LogP contribution in [0.4, 0.5) is 10.8 Å². The van der Waals surface area contributed by atoms with Gasteiger partial charge >= 0.3 is 0 Å². The highest BCUT2D eigenvalue weighted by molar-refractivity contribution is 7.92. The van der Waals surface area contributed by atoms with Gasteiger partial charge in [0.1, 0.15) is 0 Å². The van der Waals surface area contributed by atoms with Crippen LogP contribution in [-0.4, -0.2) is 56.9 Å². The van der Waals surface area contributed by atoms with Crippen molar-refractivity contribution in [1.29, 1.82) is 0 Å². The zero-order chi connectivity index (χ0) is 26.7. The number of para-hydroxylation sites is 2. The molecule has 1 amide bonds. The Labute approximate surface area is 240 Å². The average Bonchev–Trinajstić information content (AvgIpc) is 3.39. The lowest BCUT2D eigenvalue weighted by atomic mass is 10.0. The summed E-state index contributed by atoms with van der Waals surface area (Å²) in [4.78, 5) is 22.6. The normalized spacial score (nSPS) is 13.3. The van der Waals surface area contributed by atoms with Crippen LogP contribution in [0.3, 0.4) is 0 Å². The van der Waals surface area contributed by atoms with Crippen LogP contribution in [0.15, 0.2) is 77.7 Å². The van der Waals surface area contributed by atoms with Gasteiger partial charge in [0.15, 0.2) is 5.13 Å². The fraction of sp³-hybridized carbons (Fsp3) is 0.310. The molecule has 0 N–H and O–H groups in total. The molecule has 3 aromatic carbocycles. The molecular formula is C29H33ClN4O3S2. The molecule has 1 aromatic heterocycles. The van der Waals surface area contributed by atoms with Crippen molar-refractivity contribution in [3.05, 3.63) is 83.9 Å². The summed E-state index contributed by atoms with van der Waals surface area (Å²) in [6.07, 6.45) is 1.64. The van der Waals surface area contributed by atoms with Crippen LogP contribution in [0.2, 0.25) is 0 Å². The largest absolute Gasteiger partial charge is 0.302 e. The van der Waals surface area contributed by atoms with E-state index in [4.69, 9.17) is 4.98 Å². The Kier molecular flexibility index (Phi) is 9.27. The minimum absolute atomic E-state index is 0. The number of halogens is 1. The minimum Gasteiger partial charge on any atom is -0.302 e. The molecule has 0 aliphatic carbocycles. The molecule has 10 heteroatoms. The molecule has 0 saturated carbocycles. The quantitative estimate of drug-likeness (QED) is 0.247. The Morgan fingerprint density at radius 1 is 0.949 bits per heavy atom. The number of carbonyl (C=O) groups is 1. The van der Waals surface area contributed by atoms with Crippen molar-refractivity contribution in [3.8, 4) is 0 Å². The van der Waals surface area contributed by atoms with E-state index in [-0.39, 0.29) is 23.2 Å². The predicted octanol–water partition coefficient (Wildman–Crippen LogP) is 5.85. The Morgan fingerprint density at radius 2 is 1.64 bits per heavy atom. The number of carbonyl (C=O) groups excluding carboxylic acids is 1. The number of thiazole rings is 1. The number of aryl methyl sites for hydroxylation is 1. The van der Waals surface area contributed by atoms with Gasteiger partial charge in [-0.2, -0.15) is 0 Å². The third-order valence-corrected chi connectivity index (χ3v) is 9.94. The van der Waals surface area contributed by atoms with E-state index in [9.17, 15) is 13.2 Å². The summed E-state index contributed by atoms with van der Waals surface area (Å²) in [5.41, 5.74) is 3.06. The van der Waals surface area contributed by atoms with Gasteiger partial charge in [-0.3, -0.25) is 14.0 Å². The fourth-order valence-electron chi connectivity index (χ4n) is 4.84. The summed E-state index contributed by atoms with van der Waals surface area (Å²) in [6, 6.07) is 21.8. The number of anilines is 2. The highest BCUT2D eigenvalue weighted by Crippen LogP contribution is 2.33. The molecule has 0 unspecified atom stereocenters. The van der Waals surface area contributed by atoms with Crippen LogP contribution in [-0.2, 0) is 16.4 Å². The topological polar surface area (TPSA) is 73.8 Å². The molecule has 39 heavy (non-hydrogen) atoms. The van der Waals surface area contributed by atoms with E-state index >= 15 is 0 Å². The number of likely N-dealkylation sites (N-methyl/N-ethyl adjacent to an activating group) is 1. The van der Waals surface area contributed by atoms with E-state index < -0.39 is 10.0 Å². The van der Waals surface area contributed by atoms with Crippen LogP contribution in [0.5, 0.6) is 0 Å². The molecule has 1 aliphatic rings. The molecule has 0 spiro atoms. The molecule has 0 atom stereocenters. The smallest absolute Gasteiger partial charge is 0.264 e. The fourth-order valence-corrected chi connectivity index (χ4v) is 7.37. The van der Waals surface area contributed by atoms with Gasteiger partial charge in [-0.1, -0.05) is 55.5 Å². The van der Waals surface area contributed by atoms with Crippen molar-refractivity contribution in [2.75, 3.05) is 41.9 Å². The minimum atomic E-state index is -3.74. The van der Waals surface area contributed by atoms with Crippen molar-refractivity contribution in [3.63, 3.8) is 0 Å². The van der Waals surface area contributed by atoms with E-state index in [1.54, 1.807) is 29.2 Å². The highest BCUT2D eigenvalue weighted by atomic mass is 35.5. The van der Waals surface area contributed by atoms with Crippen LogP contribution in [0, 0.1) is 0 Å².